The Morgan fingerprint density at radius 2 is 1.49 bits per heavy atom. The molecule has 20 heteroatoms. The molecular formula is C56H66ClNO17Si. The van der Waals surface area contributed by atoms with Gasteiger partial charge in [-0.1, -0.05) is 94.2 Å². The Kier molecular flexibility index (Phi) is 15.8. The van der Waals surface area contributed by atoms with Gasteiger partial charge in [-0.05, 0) is 60.9 Å². The molecule has 2 saturated carbocycles. The van der Waals surface area contributed by atoms with Crippen molar-refractivity contribution in [3.8, 4) is 5.75 Å². The third kappa shape index (κ3) is 10.0. The normalized spacial score (nSPS) is 31.4. The number of carbonyl (C=O) groups excluding carboxylic acids is 7. The molecule has 76 heavy (non-hydrogen) atoms. The van der Waals surface area contributed by atoms with E-state index in [2.05, 4.69) is 19.6 Å². The van der Waals surface area contributed by atoms with Crippen LogP contribution in [0.2, 0.25) is 25.7 Å². The molecule has 6 unspecified atom stereocenters. The number of nitrogens with zero attached hydrogens (tertiary/aromatic N) is 1. The van der Waals surface area contributed by atoms with Gasteiger partial charge in [-0.25, -0.2) is 14.4 Å². The molecule has 3 aliphatic carbocycles. The van der Waals surface area contributed by atoms with E-state index in [1.54, 1.807) is 93.6 Å². The minimum absolute atomic E-state index is 0.00807. The summed E-state index contributed by atoms with van der Waals surface area (Å²) in [4.78, 5) is 102. The molecule has 0 radical (unpaired) electrons. The molecule has 5 aliphatic rings. The Labute approximate surface area is 447 Å². The van der Waals surface area contributed by atoms with Crippen LogP contribution >= 0.6 is 11.6 Å². The number of esters is 5. The average Bonchev–Trinajstić information content (AvgIpc) is 3.86. The third-order valence-corrected chi connectivity index (χ3v) is 17.9. The van der Waals surface area contributed by atoms with Gasteiger partial charge in [0.1, 0.15) is 47.7 Å². The van der Waals surface area contributed by atoms with Gasteiger partial charge in [0.25, 0.3) is 0 Å². The first kappa shape index (κ1) is 56.1. The summed E-state index contributed by atoms with van der Waals surface area (Å²) in [7, 11) is -0.179. The van der Waals surface area contributed by atoms with Crippen molar-refractivity contribution < 1.29 is 81.3 Å². The Morgan fingerprint density at radius 1 is 0.842 bits per heavy atom. The molecule has 12 atom stereocenters. The van der Waals surface area contributed by atoms with Gasteiger partial charge in [-0.3, -0.25) is 24.1 Å². The van der Waals surface area contributed by atoms with Gasteiger partial charge < -0.3 is 47.7 Å². The van der Waals surface area contributed by atoms with Gasteiger partial charge in [0.05, 0.1) is 37.2 Å². The Hall–Kier alpha value is -6.12. The standard InChI is InChI=1S/C56H66ClNO17Si/c1-31-38(71-51(64)45-43(34-17-13-11-14-18-34)58(52(65)68-25-26-76(8,9)10)49(73-45)35-21-23-37(67-7)24-22-35)28-56(66)48(74-50(63)36-19-15-12-16-20-36)46-54(6,47(62)44(70-32(2)59)42(31)53(56,4)5)39(72-41(61)29-57)27-40-55(46,30-69-40)75-33(3)60/h11-24,38-40,43-46,48-49,66H,25-30H2,1-10H3/t38-,39-,40+,43?,44?,45?,46?,48?,49?,54+,55-,56+/m0/s1. The fourth-order valence-electron chi connectivity index (χ4n) is 12.0. The van der Waals surface area contributed by atoms with Gasteiger partial charge >= 0.3 is 35.9 Å². The maximum absolute atomic E-state index is 16.2. The van der Waals surface area contributed by atoms with Crippen LogP contribution in [0, 0.1) is 16.7 Å². The fraction of sp³-hybridized carbons (Fsp3) is 0.518. The largest absolute Gasteiger partial charge is 0.497 e. The first-order valence-electron chi connectivity index (χ1n) is 25.3. The second-order valence-electron chi connectivity index (χ2n) is 22.1. The SMILES string of the molecule is COc1ccc(C2OC(C(=O)O[C@H]3C[C@@]4(O)C(OC(=O)c5ccccc5)C5[C@](C)(C(=O)C(OC(C)=O)C(=C3C)C4(C)C)[C@@H](OC(=O)CCl)C[C@H]3OC[C@@]53OC(C)=O)C(c3ccccc3)N2C(=O)OCC[Si](C)(C)C)cc1. The van der Waals surface area contributed by atoms with E-state index < -0.39 is 139 Å². The number of fused-ring (bicyclic) bond motifs is 5. The van der Waals surface area contributed by atoms with E-state index in [4.69, 9.17) is 54.2 Å². The maximum Gasteiger partial charge on any atom is 0.412 e. The van der Waals surface area contributed by atoms with Crippen LogP contribution in [-0.2, 0) is 61.9 Å². The Bertz CT molecular complexity index is 2770. The lowest BCUT2D eigenvalue weighted by molar-refractivity contribution is -0.346. The van der Waals surface area contributed by atoms with Gasteiger partial charge in [-0.15, -0.1) is 11.6 Å². The molecule has 2 aliphatic heterocycles. The van der Waals surface area contributed by atoms with Crippen molar-refractivity contribution in [2.75, 3.05) is 26.2 Å². The van der Waals surface area contributed by atoms with Gasteiger partial charge in [0, 0.05) is 45.7 Å². The third-order valence-electron chi connectivity index (χ3n) is 16.0. The highest BCUT2D eigenvalue weighted by atomic mass is 35.5. The molecule has 18 nitrogen and oxygen atoms in total. The molecule has 0 aromatic heterocycles. The van der Waals surface area contributed by atoms with Crippen molar-refractivity contribution in [1.29, 1.82) is 0 Å². The number of hydrogen-bond acceptors (Lipinski definition) is 17. The van der Waals surface area contributed by atoms with E-state index in [0.717, 1.165) is 13.8 Å². The van der Waals surface area contributed by atoms with E-state index in [1.165, 1.54) is 31.1 Å². The molecule has 0 spiro atoms. The van der Waals surface area contributed by atoms with Crippen LogP contribution in [0.1, 0.15) is 88.1 Å². The fourth-order valence-corrected chi connectivity index (χ4v) is 12.8. The lowest BCUT2D eigenvalue weighted by atomic mass is 9.44. The van der Waals surface area contributed by atoms with Crippen LogP contribution in [0.25, 0.3) is 0 Å². The van der Waals surface area contributed by atoms with E-state index in [9.17, 15) is 29.1 Å². The van der Waals surface area contributed by atoms with E-state index >= 15 is 9.59 Å². The van der Waals surface area contributed by atoms with Crippen molar-refractivity contribution in [3.05, 3.63) is 113 Å². The molecule has 1 N–H and O–H groups in total. The summed E-state index contributed by atoms with van der Waals surface area (Å²) < 4.78 is 55.6. The number of benzene rings is 3. The quantitative estimate of drug-likeness (QED) is 0.0538. The Balaban J connectivity index is 1.31. The van der Waals surface area contributed by atoms with Crippen LogP contribution in [0.5, 0.6) is 5.75 Å². The van der Waals surface area contributed by atoms with E-state index in [1.807, 2.05) is 0 Å². The summed E-state index contributed by atoms with van der Waals surface area (Å²) in [6.45, 7) is 14.6. The van der Waals surface area contributed by atoms with Crippen molar-refractivity contribution in [1.82, 2.24) is 4.90 Å². The highest BCUT2D eigenvalue weighted by Gasteiger charge is 2.79. The molecule has 408 valence electrons. The average molecular weight is 1090 g/mol. The summed E-state index contributed by atoms with van der Waals surface area (Å²) in [5, 5.41) is 14.2. The number of ether oxygens (including phenoxy) is 9. The highest BCUT2D eigenvalue weighted by Crippen LogP contribution is 2.65. The number of ketones is 1. The molecule has 8 rings (SSSR count). The number of carbonyl (C=O) groups is 7. The molecule has 3 aromatic rings. The van der Waals surface area contributed by atoms with Crippen LogP contribution in [0.3, 0.4) is 0 Å². The lowest BCUT2D eigenvalue weighted by Gasteiger charge is -2.67. The summed E-state index contributed by atoms with van der Waals surface area (Å²) in [5.74, 6) is -7.22. The molecule has 3 aromatic carbocycles. The van der Waals surface area contributed by atoms with E-state index in [0.29, 0.717) is 22.9 Å². The van der Waals surface area contributed by atoms with Crippen molar-refractivity contribution in [3.63, 3.8) is 0 Å². The van der Waals surface area contributed by atoms with Crippen LogP contribution in [0.15, 0.2) is 96.1 Å². The van der Waals surface area contributed by atoms with E-state index in [-0.39, 0.29) is 36.3 Å². The predicted octanol–water partition coefficient (Wildman–Crippen LogP) is 7.62. The topological polar surface area (TPSA) is 226 Å². The lowest BCUT2D eigenvalue weighted by Crippen LogP contribution is -2.82. The second kappa shape index (κ2) is 21.4. The monoisotopic (exact) mass is 1090 g/mol. The van der Waals surface area contributed by atoms with Gasteiger partial charge in [0.2, 0.25) is 0 Å². The van der Waals surface area contributed by atoms with Gasteiger partial charge in [0.15, 0.2) is 29.8 Å². The Morgan fingerprint density at radius 3 is 2.05 bits per heavy atom. The maximum atomic E-state index is 16.2. The molecule has 1 amide bonds. The summed E-state index contributed by atoms with van der Waals surface area (Å²) in [6.07, 6.45) is -12.2. The number of hydrogen-bond donors (Lipinski definition) is 1. The number of halogens is 1. The number of rotatable bonds is 14. The number of methoxy groups -OCH3 is 1. The molecule has 4 fully saturated rings. The van der Waals surface area contributed by atoms with Crippen molar-refractivity contribution in [2.24, 2.45) is 16.7 Å². The van der Waals surface area contributed by atoms with Crippen molar-refractivity contribution >= 4 is 61.4 Å². The zero-order chi connectivity index (χ0) is 55.3. The number of aliphatic hydroxyl groups is 1. The molecular weight excluding hydrogens is 1020 g/mol. The highest BCUT2D eigenvalue weighted by molar-refractivity contribution is 6.76. The first-order valence-corrected chi connectivity index (χ1v) is 29.5. The summed E-state index contributed by atoms with van der Waals surface area (Å²) in [6, 6.07) is 22.9. The zero-order valence-electron chi connectivity index (χ0n) is 44.3. The molecule has 2 bridgehead atoms. The minimum atomic E-state index is -2.46. The predicted molar refractivity (Wildman–Crippen MR) is 274 cm³/mol. The first-order chi connectivity index (χ1) is 35.8. The second-order valence-corrected chi connectivity index (χ2v) is 28.0. The number of amides is 1. The van der Waals surface area contributed by atoms with Crippen LogP contribution in [0.4, 0.5) is 4.79 Å². The zero-order valence-corrected chi connectivity index (χ0v) is 46.1. The summed E-state index contributed by atoms with van der Waals surface area (Å²) >= 11 is 6.01. The summed E-state index contributed by atoms with van der Waals surface area (Å²) in [5.41, 5.74) is -6.97. The van der Waals surface area contributed by atoms with Crippen LogP contribution in [-0.4, -0.2) is 134 Å². The van der Waals surface area contributed by atoms with Crippen LogP contribution < -0.4 is 4.74 Å². The van der Waals surface area contributed by atoms with Crippen molar-refractivity contribution in [2.45, 2.75) is 140 Å². The molecule has 2 heterocycles. The van der Waals surface area contributed by atoms with Gasteiger partial charge in [-0.2, -0.15) is 0 Å². The number of alkyl halides is 1. The smallest absolute Gasteiger partial charge is 0.412 e. The molecule has 2 saturated heterocycles. The minimum Gasteiger partial charge on any atom is -0.497 e. The number of Topliss-reactive ketones (excluding diaryl/α,β-unsaturated/α-hetero) is 1.